The lowest BCUT2D eigenvalue weighted by Gasteiger charge is -2.35. The van der Waals surface area contributed by atoms with Crippen LogP contribution in [-0.2, 0) is 4.79 Å². The van der Waals surface area contributed by atoms with Crippen molar-refractivity contribution in [2.24, 2.45) is 0 Å². The molecule has 160 valence electrons. The SMILES string of the molecule is CCN1CCN(c2ccc(N[C@@H](C)C(=O)NC(=O)NC3CCCC3)c(C)c2)CC1. The number of urea groups is 1. The molecule has 1 heterocycles. The number of aryl methyl sites for hydroxylation is 1. The molecule has 3 amide bonds. The molecule has 0 spiro atoms. The molecule has 1 saturated heterocycles. The van der Waals surface area contributed by atoms with Gasteiger partial charge >= 0.3 is 6.03 Å². The zero-order valence-electron chi connectivity index (χ0n) is 18.0. The second-order valence-corrected chi connectivity index (χ2v) is 8.23. The van der Waals surface area contributed by atoms with E-state index in [1.807, 2.05) is 13.0 Å². The summed E-state index contributed by atoms with van der Waals surface area (Å²) in [4.78, 5) is 29.3. The van der Waals surface area contributed by atoms with Crippen LogP contribution in [0.3, 0.4) is 0 Å². The molecule has 2 fully saturated rings. The number of nitrogens with one attached hydrogen (secondary N) is 3. The Kier molecular flexibility index (Phi) is 7.36. The molecule has 1 aromatic rings. The van der Waals surface area contributed by atoms with Crippen LogP contribution in [0.2, 0.25) is 0 Å². The average Bonchev–Trinajstić information content (AvgIpc) is 3.22. The Balaban J connectivity index is 1.51. The van der Waals surface area contributed by atoms with Crippen LogP contribution in [0.25, 0.3) is 0 Å². The third-order valence-electron chi connectivity index (χ3n) is 6.09. The summed E-state index contributed by atoms with van der Waals surface area (Å²) < 4.78 is 0. The summed E-state index contributed by atoms with van der Waals surface area (Å²) in [5.74, 6) is -0.320. The van der Waals surface area contributed by atoms with E-state index < -0.39 is 12.1 Å². The van der Waals surface area contributed by atoms with Crippen molar-refractivity contribution in [2.45, 2.75) is 58.5 Å². The third-order valence-corrected chi connectivity index (χ3v) is 6.09. The fourth-order valence-electron chi connectivity index (χ4n) is 4.14. The topological polar surface area (TPSA) is 76.7 Å². The average molecular weight is 402 g/mol. The maximum Gasteiger partial charge on any atom is 0.321 e. The zero-order chi connectivity index (χ0) is 20.8. The van der Waals surface area contributed by atoms with Gasteiger partial charge in [0.05, 0.1) is 0 Å². The Morgan fingerprint density at radius 3 is 2.45 bits per heavy atom. The van der Waals surface area contributed by atoms with Crippen molar-refractivity contribution in [2.75, 3.05) is 42.9 Å². The molecule has 1 aliphatic heterocycles. The number of rotatable bonds is 6. The summed E-state index contributed by atoms with van der Waals surface area (Å²) in [6.45, 7) is 11.4. The maximum atomic E-state index is 12.4. The number of benzene rings is 1. The highest BCUT2D eigenvalue weighted by atomic mass is 16.2. The quantitative estimate of drug-likeness (QED) is 0.683. The van der Waals surface area contributed by atoms with E-state index in [-0.39, 0.29) is 11.9 Å². The fourth-order valence-corrected chi connectivity index (χ4v) is 4.14. The molecule has 29 heavy (non-hydrogen) atoms. The highest BCUT2D eigenvalue weighted by Crippen LogP contribution is 2.24. The lowest BCUT2D eigenvalue weighted by Crippen LogP contribution is -2.48. The number of piperazine rings is 1. The van der Waals surface area contributed by atoms with Crippen molar-refractivity contribution in [3.05, 3.63) is 23.8 Å². The van der Waals surface area contributed by atoms with E-state index in [9.17, 15) is 9.59 Å². The van der Waals surface area contributed by atoms with Crippen LogP contribution >= 0.6 is 0 Å². The van der Waals surface area contributed by atoms with E-state index >= 15 is 0 Å². The van der Waals surface area contributed by atoms with Gasteiger partial charge in [0.25, 0.3) is 0 Å². The fraction of sp³-hybridized carbons (Fsp3) is 0.636. The van der Waals surface area contributed by atoms with E-state index in [0.717, 1.165) is 69.7 Å². The van der Waals surface area contributed by atoms with E-state index in [4.69, 9.17) is 0 Å². The largest absolute Gasteiger partial charge is 0.374 e. The predicted octanol–water partition coefficient (Wildman–Crippen LogP) is 2.71. The number of amides is 3. The second-order valence-electron chi connectivity index (χ2n) is 8.23. The van der Waals surface area contributed by atoms with Gasteiger partial charge in [-0.3, -0.25) is 10.1 Å². The predicted molar refractivity (Wildman–Crippen MR) is 118 cm³/mol. The van der Waals surface area contributed by atoms with E-state index in [0.29, 0.717) is 0 Å². The molecule has 1 aromatic carbocycles. The van der Waals surface area contributed by atoms with E-state index in [2.05, 4.69) is 44.8 Å². The van der Waals surface area contributed by atoms with Gasteiger partial charge < -0.3 is 20.4 Å². The normalized spacial score (nSPS) is 19.1. The first-order valence-electron chi connectivity index (χ1n) is 10.9. The van der Waals surface area contributed by atoms with Crippen LogP contribution in [0.4, 0.5) is 16.2 Å². The van der Waals surface area contributed by atoms with Gasteiger partial charge in [0.15, 0.2) is 0 Å². The summed E-state index contributed by atoms with van der Waals surface area (Å²) in [6.07, 6.45) is 4.27. The molecule has 0 aromatic heterocycles. The molecule has 7 heteroatoms. The van der Waals surface area contributed by atoms with Crippen LogP contribution in [-0.4, -0.2) is 61.6 Å². The standard InChI is InChI=1S/C22H35N5O2/c1-4-26-11-13-27(14-12-26)19-9-10-20(16(2)15-19)23-17(3)21(28)25-22(29)24-18-7-5-6-8-18/h9-10,15,17-18,23H,4-8,11-14H2,1-3H3,(H2,24,25,28,29)/t17-/m0/s1. The molecular formula is C22H35N5O2. The third kappa shape index (κ3) is 5.85. The van der Waals surface area contributed by atoms with Gasteiger partial charge in [0.2, 0.25) is 5.91 Å². The first-order chi connectivity index (χ1) is 14.0. The van der Waals surface area contributed by atoms with E-state index in [1.54, 1.807) is 6.92 Å². The van der Waals surface area contributed by atoms with Crippen LogP contribution in [0.1, 0.15) is 45.1 Å². The summed E-state index contributed by atoms with van der Waals surface area (Å²) in [6, 6.07) is 5.60. The van der Waals surface area contributed by atoms with Gasteiger partial charge in [-0.15, -0.1) is 0 Å². The number of carbonyl (C=O) groups excluding carboxylic acids is 2. The van der Waals surface area contributed by atoms with Crippen LogP contribution < -0.4 is 20.9 Å². The molecular weight excluding hydrogens is 366 g/mol. The monoisotopic (exact) mass is 401 g/mol. The molecule has 1 aliphatic carbocycles. The van der Waals surface area contributed by atoms with Crippen LogP contribution in [0.15, 0.2) is 18.2 Å². The number of nitrogens with zero attached hydrogens (tertiary/aromatic N) is 2. The second kappa shape index (κ2) is 9.96. The number of hydrogen-bond donors (Lipinski definition) is 3. The molecule has 1 atom stereocenters. The smallest absolute Gasteiger partial charge is 0.321 e. The van der Waals surface area contributed by atoms with Crippen molar-refractivity contribution >= 4 is 23.3 Å². The number of anilines is 2. The van der Waals surface area contributed by atoms with Crippen molar-refractivity contribution < 1.29 is 9.59 Å². The highest BCUT2D eigenvalue weighted by molar-refractivity contribution is 5.98. The molecule has 2 aliphatic rings. The van der Waals surface area contributed by atoms with Crippen LogP contribution in [0, 0.1) is 6.92 Å². The molecule has 0 bridgehead atoms. The number of carbonyl (C=O) groups is 2. The van der Waals surface area contributed by atoms with E-state index in [1.165, 1.54) is 5.69 Å². The minimum absolute atomic E-state index is 0.194. The van der Waals surface area contributed by atoms with Crippen molar-refractivity contribution in [3.8, 4) is 0 Å². The molecule has 3 N–H and O–H groups in total. The highest BCUT2D eigenvalue weighted by Gasteiger charge is 2.21. The Morgan fingerprint density at radius 1 is 1.14 bits per heavy atom. The Bertz CT molecular complexity index is 709. The first kappa shape index (κ1) is 21.4. The first-order valence-corrected chi connectivity index (χ1v) is 10.9. The van der Waals surface area contributed by atoms with Crippen molar-refractivity contribution in [3.63, 3.8) is 0 Å². The maximum absolute atomic E-state index is 12.4. The number of likely N-dealkylation sites (N-methyl/N-ethyl adjacent to an activating group) is 1. The van der Waals surface area contributed by atoms with Crippen LogP contribution in [0.5, 0.6) is 0 Å². The lowest BCUT2D eigenvalue weighted by atomic mass is 10.1. The summed E-state index contributed by atoms with van der Waals surface area (Å²) in [5, 5.41) is 8.57. The van der Waals surface area contributed by atoms with Crippen molar-refractivity contribution in [1.82, 2.24) is 15.5 Å². The van der Waals surface area contributed by atoms with Gasteiger partial charge in [-0.25, -0.2) is 4.79 Å². The Hall–Kier alpha value is -2.28. The van der Waals surface area contributed by atoms with Gasteiger partial charge in [-0.1, -0.05) is 19.8 Å². The lowest BCUT2D eigenvalue weighted by molar-refractivity contribution is -0.120. The Labute approximate surface area is 174 Å². The molecule has 0 radical (unpaired) electrons. The van der Waals surface area contributed by atoms with Gasteiger partial charge in [0.1, 0.15) is 6.04 Å². The summed E-state index contributed by atoms with van der Waals surface area (Å²) in [7, 11) is 0. The molecule has 7 nitrogen and oxygen atoms in total. The summed E-state index contributed by atoms with van der Waals surface area (Å²) >= 11 is 0. The van der Waals surface area contributed by atoms with Gasteiger partial charge in [-0.2, -0.15) is 0 Å². The number of imide groups is 1. The minimum atomic E-state index is -0.498. The molecule has 0 unspecified atom stereocenters. The number of hydrogen-bond acceptors (Lipinski definition) is 5. The Morgan fingerprint density at radius 2 is 1.83 bits per heavy atom. The minimum Gasteiger partial charge on any atom is -0.374 e. The van der Waals surface area contributed by atoms with Gasteiger partial charge in [-0.05, 0) is 57.0 Å². The molecule has 3 rings (SSSR count). The van der Waals surface area contributed by atoms with Gasteiger partial charge in [0, 0.05) is 43.6 Å². The molecule has 1 saturated carbocycles. The van der Waals surface area contributed by atoms with Crippen molar-refractivity contribution in [1.29, 1.82) is 0 Å². The summed E-state index contributed by atoms with van der Waals surface area (Å²) in [5.41, 5.74) is 3.23. The zero-order valence-corrected chi connectivity index (χ0v) is 18.0.